The predicted octanol–water partition coefficient (Wildman–Crippen LogP) is 3.34. The van der Waals surface area contributed by atoms with Crippen LogP contribution in [0.4, 0.5) is 13.2 Å². The lowest BCUT2D eigenvalue weighted by Crippen LogP contribution is -2.49. The Morgan fingerprint density at radius 1 is 1.26 bits per heavy atom. The minimum atomic E-state index is -4.40. The summed E-state index contributed by atoms with van der Waals surface area (Å²) in [5, 5.41) is 6.43. The molecule has 0 radical (unpaired) electrons. The largest absolute Gasteiger partial charge is 0.468 e. The number of nitrogens with zero attached hydrogens (tertiary/aromatic N) is 3. The quantitative estimate of drug-likeness (QED) is 0.292. The molecule has 0 unspecified atom stereocenters. The highest BCUT2D eigenvalue weighted by Gasteiger charge is 2.42. The minimum absolute atomic E-state index is 0. The molecule has 0 spiro atoms. The van der Waals surface area contributed by atoms with Gasteiger partial charge in [-0.25, -0.2) is 9.98 Å². The molecular formula is C20H31F3IN5O2. The van der Waals surface area contributed by atoms with Gasteiger partial charge in [0.25, 0.3) is 0 Å². The van der Waals surface area contributed by atoms with Crippen LogP contribution in [0.1, 0.15) is 38.2 Å². The van der Waals surface area contributed by atoms with E-state index in [-0.39, 0.29) is 42.3 Å². The van der Waals surface area contributed by atoms with Gasteiger partial charge in [0.15, 0.2) is 12.6 Å². The van der Waals surface area contributed by atoms with Crippen molar-refractivity contribution in [3.8, 4) is 5.88 Å². The Hall–Kier alpha value is -1.79. The van der Waals surface area contributed by atoms with Gasteiger partial charge < -0.3 is 20.3 Å². The third-order valence-corrected chi connectivity index (χ3v) is 4.96. The van der Waals surface area contributed by atoms with Gasteiger partial charge >= 0.3 is 6.18 Å². The summed E-state index contributed by atoms with van der Waals surface area (Å²) in [6.07, 6.45) is 0.792. The molecule has 0 saturated heterocycles. The summed E-state index contributed by atoms with van der Waals surface area (Å²) in [6, 6.07) is 3.01. The Morgan fingerprint density at radius 2 is 1.94 bits per heavy atom. The van der Waals surface area contributed by atoms with Gasteiger partial charge in [-0.2, -0.15) is 13.2 Å². The number of carbonyl (C=O) groups is 1. The van der Waals surface area contributed by atoms with Crippen molar-refractivity contribution < 1.29 is 22.7 Å². The van der Waals surface area contributed by atoms with E-state index in [1.807, 2.05) is 6.92 Å². The van der Waals surface area contributed by atoms with Gasteiger partial charge in [0.05, 0.1) is 12.0 Å². The molecule has 176 valence electrons. The number of carbonyl (C=O) groups excluding carboxylic acids is 1. The van der Waals surface area contributed by atoms with E-state index in [0.29, 0.717) is 19.0 Å². The van der Waals surface area contributed by atoms with E-state index in [1.54, 1.807) is 25.1 Å². The summed E-state index contributed by atoms with van der Waals surface area (Å²) in [5.41, 5.74) is 0.310. The molecule has 1 heterocycles. The van der Waals surface area contributed by atoms with E-state index in [0.717, 1.165) is 31.2 Å². The van der Waals surface area contributed by atoms with Crippen molar-refractivity contribution in [2.75, 3.05) is 33.8 Å². The minimum Gasteiger partial charge on any atom is -0.468 e. The Labute approximate surface area is 198 Å². The average Bonchev–Trinajstić information content (AvgIpc) is 3.18. The van der Waals surface area contributed by atoms with Crippen LogP contribution >= 0.6 is 24.0 Å². The smallest absolute Gasteiger partial charge is 0.422 e. The van der Waals surface area contributed by atoms with Gasteiger partial charge in [0.2, 0.25) is 11.8 Å². The second-order valence-corrected chi connectivity index (χ2v) is 7.64. The lowest BCUT2D eigenvalue weighted by Gasteiger charge is -2.31. The maximum Gasteiger partial charge on any atom is 0.422 e. The van der Waals surface area contributed by atoms with Crippen molar-refractivity contribution >= 4 is 35.8 Å². The highest BCUT2D eigenvalue weighted by molar-refractivity contribution is 14.0. The van der Waals surface area contributed by atoms with Crippen molar-refractivity contribution in [3.63, 3.8) is 0 Å². The van der Waals surface area contributed by atoms with Crippen LogP contribution in [-0.2, 0) is 11.3 Å². The fourth-order valence-electron chi connectivity index (χ4n) is 3.50. The maximum atomic E-state index is 12.7. The zero-order valence-electron chi connectivity index (χ0n) is 18.1. The van der Waals surface area contributed by atoms with Crippen molar-refractivity contribution in [3.05, 3.63) is 23.9 Å². The van der Waals surface area contributed by atoms with E-state index < -0.39 is 18.2 Å². The van der Waals surface area contributed by atoms with Crippen molar-refractivity contribution in [1.82, 2.24) is 20.5 Å². The molecule has 0 bridgehead atoms. The Balaban J connectivity index is 0.00000480. The van der Waals surface area contributed by atoms with Crippen LogP contribution in [0, 0.1) is 5.41 Å². The molecule has 2 N–H and O–H groups in total. The molecule has 1 saturated carbocycles. The number of aromatic nitrogens is 1. The average molecular weight is 557 g/mol. The Kier molecular flexibility index (Phi) is 10.8. The van der Waals surface area contributed by atoms with Crippen LogP contribution in [0.5, 0.6) is 5.88 Å². The number of nitrogens with one attached hydrogen (secondary N) is 2. The molecule has 1 aliphatic carbocycles. The fourth-order valence-corrected chi connectivity index (χ4v) is 3.50. The van der Waals surface area contributed by atoms with Crippen molar-refractivity contribution in [2.24, 2.45) is 10.4 Å². The predicted molar refractivity (Wildman–Crippen MR) is 124 cm³/mol. The van der Waals surface area contributed by atoms with E-state index in [1.165, 1.54) is 12.3 Å². The third kappa shape index (κ3) is 8.69. The Bertz CT molecular complexity index is 721. The molecule has 1 aromatic rings. The number of ether oxygens (including phenoxy) is 1. The van der Waals surface area contributed by atoms with E-state index in [2.05, 4.69) is 25.3 Å². The number of halogens is 4. The highest BCUT2D eigenvalue weighted by atomic mass is 127. The summed E-state index contributed by atoms with van der Waals surface area (Å²) in [5.74, 6) is 0.616. The molecule has 1 aliphatic rings. The van der Waals surface area contributed by atoms with Gasteiger partial charge in [0.1, 0.15) is 0 Å². The molecule has 7 nitrogen and oxygen atoms in total. The summed E-state index contributed by atoms with van der Waals surface area (Å²) >= 11 is 0. The van der Waals surface area contributed by atoms with E-state index >= 15 is 0 Å². The number of rotatable bonds is 8. The number of hydrogen-bond acceptors (Lipinski definition) is 4. The van der Waals surface area contributed by atoms with Gasteiger partial charge in [-0.05, 0) is 25.3 Å². The first-order valence-corrected chi connectivity index (χ1v) is 10.0. The second-order valence-electron chi connectivity index (χ2n) is 7.64. The summed E-state index contributed by atoms with van der Waals surface area (Å²) < 4.78 is 41.2. The van der Waals surface area contributed by atoms with Crippen molar-refractivity contribution in [2.45, 2.75) is 45.3 Å². The van der Waals surface area contributed by atoms with Crippen molar-refractivity contribution in [1.29, 1.82) is 0 Å². The Morgan fingerprint density at radius 3 is 2.45 bits per heavy atom. The number of guanidine groups is 1. The molecule has 2 rings (SSSR count). The molecule has 0 aliphatic heterocycles. The standard InChI is InChI=1S/C20H30F3N5O2.HI/c1-4-24-18(27-13-19(9-5-6-10-19)17(29)28(2)3)26-12-15-7-8-16(25-11-15)30-14-20(21,22)23;/h7-8,11H,4-6,9-10,12-14H2,1-3H3,(H2,24,26,27);1H. The number of alkyl halides is 3. The zero-order chi connectivity index (χ0) is 22.2. The molecular weight excluding hydrogens is 526 g/mol. The topological polar surface area (TPSA) is 78.9 Å². The van der Waals surface area contributed by atoms with Gasteiger partial charge in [-0.3, -0.25) is 4.79 Å². The van der Waals surface area contributed by atoms with Gasteiger partial charge in [-0.1, -0.05) is 18.9 Å². The maximum absolute atomic E-state index is 12.7. The van der Waals surface area contributed by atoms with E-state index in [4.69, 9.17) is 0 Å². The van der Waals surface area contributed by atoms with Gasteiger partial charge in [0, 0.05) is 39.4 Å². The molecule has 0 atom stereocenters. The first-order chi connectivity index (χ1) is 14.1. The van der Waals surface area contributed by atoms with Crippen LogP contribution in [0.15, 0.2) is 23.3 Å². The molecule has 11 heteroatoms. The number of pyridine rings is 1. The number of aliphatic imine (C=N–C) groups is 1. The molecule has 31 heavy (non-hydrogen) atoms. The molecule has 1 amide bonds. The third-order valence-electron chi connectivity index (χ3n) is 4.96. The lowest BCUT2D eigenvalue weighted by molar-refractivity contribution is -0.154. The van der Waals surface area contributed by atoms with Crippen LogP contribution in [0.25, 0.3) is 0 Å². The monoisotopic (exact) mass is 557 g/mol. The van der Waals surface area contributed by atoms with E-state index in [9.17, 15) is 18.0 Å². The van der Waals surface area contributed by atoms with Gasteiger partial charge in [-0.15, -0.1) is 24.0 Å². The highest BCUT2D eigenvalue weighted by Crippen LogP contribution is 2.38. The molecule has 1 aromatic heterocycles. The normalized spacial score (nSPS) is 15.7. The SMILES string of the molecule is CCNC(=NCc1ccc(OCC(F)(F)F)nc1)NCC1(C(=O)N(C)C)CCCC1.I. The fraction of sp³-hybridized carbons (Fsp3) is 0.650. The van der Waals surface area contributed by atoms with Crippen LogP contribution in [0.3, 0.4) is 0 Å². The second kappa shape index (κ2) is 12.3. The zero-order valence-corrected chi connectivity index (χ0v) is 20.4. The summed E-state index contributed by atoms with van der Waals surface area (Å²) in [7, 11) is 3.55. The summed E-state index contributed by atoms with van der Waals surface area (Å²) in [4.78, 5) is 22.7. The molecule has 0 aromatic carbocycles. The van der Waals surface area contributed by atoms with Crippen LogP contribution in [-0.4, -0.2) is 61.7 Å². The first-order valence-electron chi connectivity index (χ1n) is 10.0. The molecule has 1 fully saturated rings. The van der Waals surface area contributed by atoms with Crippen LogP contribution in [0.2, 0.25) is 0 Å². The lowest BCUT2D eigenvalue weighted by atomic mass is 9.84. The van der Waals surface area contributed by atoms with Crippen LogP contribution < -0.4 is 15.4 Å². The number of hydrogen-bond donors (Lipinski definition) is 2. The first kappa shape index (κ1) is 27.2. The number of amides is 1. The summed E-state index contributed by atoms with van der Waals surface area (Å²) in [6.45, 7) is 2.01.